The predicted molar refractivity (Wildman–Crippen MR) is 78.5 cm³/mol. The van der Waals surface area contributed by atoms with E-state index in [0.717, 1.165) is 33.0 Å². The highest BCUT2D eigenvalue weighted by molar-refractivity contribution is 7.15. The zero-order valence-electron chi connectivity index (χ0n) is 9.61. The average Bonchev–Trinajstić information content (AvgIpc) is 2.98. The molecule has 0 bridgehead atoms. The largest absolute Gasteiger partial charge is 0.315 e. The van der Waals surface area contributed by atoms with Gasteiger partial charge in [-0.1, -0.05) is 11.6 Å². The second-order valence-corrected chi connectivity index (χ2v) is 5.95. The summed E-state index contributed by atoms with van der Waals surface area (Å²) >= 11 is 9.26. The molecule has 0 amide bonds. The topological polar surface area (TPSA) is 37.8 Å². The molecule has 0 spiro atoms. The lowest BCUT2D eigenvalue weighted by Crippen LogP contribution is -2.02. The molecule has 1 aromatic carbocycles. The van der Waals surface area contributed by atoms with Crippen LogP contribution in [0.2, 0.25) is 5.02 Å². The molecule has 0 saturated carbocycles. The molecule has 92 valence electrons. The van der Waals surface area contributed by atoms with Crippen LogP contribution in [0.5, 0.6) is 0 Å². The number of thiophene rings is 1. The number of hydrogen-bond acceptors (Lipinski definition) is 5. The Bertz CT molecular complexity index is 690. The summed E-state index contributed by atoms with van der Waals surface area (Å²) in [5, 5.41) is 3.88. The lowest BCUT2D eigenvalue weighted by Gasteiger charge is -2.01. The van der Waals surface area contributed by atoms with Gasteiger partial charge in [-0.05, 0) is 31.3 Å². The lowest BCUT2D eigenvalue weighted by molar-refractivity contribution is 0.831. The normalized spacial score (nSPS) is 11.2. The second-order valence-electron chi connectivity index (χ2n) is 3.85. The monoisotopic (exact) mass is 295 g/mol. The van der Waals surface area contributed by atoms with Crippen molar-refractivity contribution in [3.63, 3.8) is 0 Å². The highest BCUT2D eigenvalue weighted by Crippen LogP contribution is 2.38. The van der Waals surface area contributed by atoms with Gasteiger partial charge in [-0.25, -0.2) is 0 Å². The predicted octanol–water partition coefficient (Wildman–Crippen LogP) is 3.79. The molecule has 0 aliphatic heterocycles. The van der Waals surface area contributed by atoms with Crippen LogP contribution in [-0.2, 0) is 6.54 Å². The van der Waals surface area contributed by atoms with E-state index in [1.807, 2.05) is 19.2 Å². The van der Waals surface area contributed by atoms with Gasteiger partial charge in [0.1, 0.15) is 11.0 Å². The molecule has 2 aromatic heterocycles. The number of aromatic nitrogens is 2. The van der Waals surface area contributed by atoms with Crippen LogP contribution in [0.25, 0.3) is 21.5 Å². The standard InChI is InChI=1S/C12H10ClN3S2/c1-14-6-7-2-5-10(17-7)11-8(13)3-4-9-12(11)16-18-15-9/h2-5,14H,6H2,1H3. The minimum absolute atomic E-state index is 0.730. The van der Waals surface area contributed by atoms with Gasteiger partial charge in [0.2, 0.25) is 0 Å². The van der Waals surface area contributed by atoms with E-state index in [4.69, 9.17) is 11.6 Å². The Balaban J connectivity index is 2.17. The summed E-state index contributed by atoms with van der Waals surface area (Å²) < 4.78 is 8.60. The van der Waals surface area contributed by atoms with Crippen molar-refractivity contribution in [3.8, 4) is 10.4 Å². The zero-order valence-corrected chi connectivity index (χ0v) is 12.0. The Morgan fingerprint density at radius 2 is 2.11 bits per heavy atom. The van der Waals surface area contributed by atoms with Crippen LogP contribution in [0, 0.1) is 0 Å². The van der Waals surface area contributed by atoms with E-state index in [0.29, 0.717) is 0 Å². The molecule has 0 atom stereocenters. The summed E-state index contributed by atoms with van der Waals surface area (Å²) in [6, 6.07) is 8.01. The number of benzene rings is 1. The van der Waals surface area contributed by atoms with Gasteiger partial charge in [-0.2, -0.15) is 8.75 Å². The fourth-order valence-corrected chi connectivity index (χ4v) is 3.78. The average molecular weight is 296 g/mol. The summed E-state index contributed by atoms with van der Waals surface area (Å²) in [5.74, 6) is 0. The third-order valence-electron chi connectivity index (χ3n) is 2.64. The van der Waals surface area contributed by atoms with Crippen LogP contribution in [0.1, 0.15) is 4.88 Å². The number of fused-ring (bicyclic) bond motifs is 1. The Morgan fingerprint density at radius 1 is 1.22 bits per heavy atom. The maximum absolute atomic E-state index is 6.31. The van der Waals surface area contributed by atoms with Gasteiger partial charge in [0, 0.05) is 21.9 Å². The summed E-state index contributed by atoms with van der Waals surface area (Å²) in [5.41, 5.74) is 2.79. The first-order valence-electron chi connectivity index (χ1n) is 5.44. The highest BCUT2D eigenvalue weighted by Gasteiger charge is 2.13. The number of nitrogens with one attached hydrogen (secondary N) is 1. The van der Waals surface area contributed by atoms with Gasteiger partial charge < -0.3 is 5.32 Å². The fraction of sp³-hybridized carbons (Fsp3) is 0.167. The molecule has 0 aliphatic rings. The van der Waals surface area contributed by atoms with Crippen LogP contribution in [0.4, 0.5) is 0 Å². The van der Waals surface area contributed by atoms with Gasteiger partial charge in [-0.3, -0.25) is 0 Å². The van der Waals surface area contributed by atoms with Crippen molar-refractivity contribution < 1.29 is 0 Å². The first-order valence-corrected chi connectivity index (χ1v) is 7.36. The first-order chi connectivity index (χ1) is 8.79. The molecule has 6 heteroatoms. The maximum Gasteiger partial charge on any atom is 0.114 e. The van der Waals surface area contributed by atoms with Crippen LogP contribution in [-0.4, -0.2) is 15.8 Å². The van der Waals surface area contributed by atoms with Crippen molar-refractivity contribution in [2.75, 3.05) is 7.05 Å². The molecule has 2 heterocycles. The van der Waals surface area contributed by atoms with Crippen molar-refractivity contribution >= 4 is 45.7 Å². The van der Waals surface area contributed by atoms with Gasteiger partial charge >= 0.3 is 0 Å². The van der Waals surface area contributed by atoms with E-state index in [9.17, 15) is 0 Å². The number of halogens is 1. The van der Waals surface area contributed by atoms with Crippen LogP contribution < -0.4 is 5.32 Å². The zero-order chi connectivity index (χ0) is 12.5. The second kappa shape index (κ2) is 4.93. The van der Waals surface area contributed by atoms with E-state index < -0.39 is 0 Å². The van der Waals surface area contributed by atoms with E-state index in [-0.39, 0.29) is 0 Å². The number of nitrogens with zero attached hydrogens (tertiary/aromatic N) is 2. The minimum Gasteiger partial charge on any atom is -0.315 e. The molecule has 0 saturated heterocycles. The number of rotatable bonds is 3. The first kappa shape index (κ1) is 12.0. The molecular formula is C12H10ClN3S2. The van der Waals surface area contributed by atoms with Crippen LogP contribution in [0.15, 0.2) is 24.3 Å². The van der Waals surface area contributed by atoms with E-state index in [1.165, 1.54) is 16.6 Å². The number of hydrogen-bond donors (Lipinski definition) is 1. The molecule has 0 aliphatic carbocycles. The van der Waals surface area contributed by atoms with Crippen LogP contribution >= 0.6 is 34.7 Å². The van der Waals surface area contributed by atoms with Gasteiger partial charge in [0.05, 0.1) is 16.8 Å². The Labute approximate surface area is 118 Å². The van der Waals surface area contributed by atoms with Gasteiger partial charge in [0.25, 0.3) is 0 Å². The molecule has 3 aromatic rings. The molecular weight excluding hydrogens is 286 g/mol. The summed E-state index contributed by atoms with van der Waals surface area (Å²) in [4.78, 5) is 2.42. The molecule has 0 radical (unpaired) electrons. The summed E-state index contributed by atoms with van der Waals surface area (Å²) in [7, 11) is 1.94. The quantitative estimate of drug-likeness (QED) is 0.799. The van der Waals surface area contributed by atoms with Gasteiger partial charge in [-0.15, -0.1) is 11.3 Å². The summed E-state index contributed by atoms with van der Waals surface area (Å²) in [6.45, 7) is 0.869. The molecule has 0 fully saturated rings. The third kappa shape index (κ3) is 2.03. The third-order valence-corrected chi connectivity index (χ3v) is 4.60. The Morgan fingerprint density at radius 3 is 2.94 bits per heavy atom. The Hall–Kier alpha value is -1.01. The van der Waals surface area contributed by atoms with Crippen molar-refractivity contribution in [2.24, 2.45) is 0 Å². The maximum atomic E-state index is 6.31. The van der Waals surface area contributed by atoms with Crippen molar-refractivity contribution in [1.29, 1.82) is 0 Å². The highest BCUT2D eigenvalue weighted by atomic mass is 35.5. The molecule has 3 rings (SSSR count). The van der Waals surface area contributed by atoms with Crippen molar-refractivity contribution in [2.45, 2.75) is 6.54 Å². The SMILES string of the molecule is CNCc1ccc(-c2c(Cl)ccc3nsnc23)s1. The van der Waals surface area contributed by atoms with Crippen molar-refractivity contribution in [3.05, 3.63) is 34.2 Å². The Kier molecular flexibility index (Phi) is 3.30. The van der Waals surface area contributed by atoms with Gasteiger partial charge in [0.15, 0.2) is 0 Å². The molecule has 18 heavy (non-hydrogen) atoms. The minimum atomic E-state index is 0.730. The summed E-state index contributed by atoms with van der Waals surface area (Å²) in [6.07, 6.45) is 0. The van der Waals surface area contributed by atoms with E-state index >= 15 is 0 Å². The molecule has 1 N–H and O–H groups in total. The smallest absolute Gasteiger partial charge is 0.114 e. The molecule has 3 nitrogen and oxygen atoms in total. The van der Waals surface area contributed by atoms with Crippen LogP contribution in [0.3, 0.4) is 0 Å². The lowest BCUT2D eigenvalue weighted by atomic mass is 10.1. The van der Waals surface area contributed by atoms with E-state index in [2.05, 4.69) is 26.2 Å². The van der Waals surface area contributed by atoms with E-state index in [1.54, 1.807) is 11.3 Å². The van der Waals surface area contributed by atoms with Crippen molar-refractivity contribution in [1.82, 2.24) is 14.1 Å². The molecule has 0 unspecified atom stereocenters. The fourth-order valence-electron chi connectivity index (χ4n) is 1.84.